The van der Waals surface area contributed by atoms with Crippen LogP contribution in [0.4, 0.5) is 0 Å². The van der Waals surface area contributed by atoms with E-state index >= 15 is 0 Å². The summed E-state index contributed by atoms with van der Waals surface area (Å²) in [6, 6.07) is 3.95. The summed E-state index contributed by atoms with van der Waals surface area (Å²) in [4.78, 5) is 0. The van der Waals surface area contributed by atoms with E-state index < -0.39 is 6.10 Å². The van der Waals surface area contributed by atoms with Gasteiger partial charge in [-0.2, -0.15) is 0 Å². The van der Waals surface area contributed by atoms with Crippen LogP contribution in [0.3, 0.4) is 0 Å². The Morgan fingerprint density at radius 2 is 1.50 bits per heavy atom. The molecule has 0 aromatic heterocycles. The lowest BCUT2D eigenvalue weighted by Crippen LogP contribution is -2.31. The van der Waals surface area contributed by atoms with Crippen LogP contribution in [0.5, 0.6) is 0 Å². The Morgan fingerprint density at radius 1 is 1.06 bits per heavy atom. The molecule has 2 nitrogen and oxygen atoms in total. The van der Waals surface area contributed by atoms with Gasteiger partial charge >= 0.3 is 0 Å². The van der Waals surface area contributed by atoms with Gasteiger partial charge in [-0.25, -0.2) is 0 Å². The van der Waals surface area contributed by atoms with E-state index in [-0.39, 0.29) is 12.0 Å². The molecule has 0 aliphatic rings. The van der Waals surface area contributed by atoms with E-state index in [1.807, 2.05) is 13.8 Å². The second-order valence-electron chi connectivity index (χ2n) is 5.07. The standard InChI is InChI=1S/C14H23NO/c1-8(2)14(16)13(15)12-10(4)6-9(3)7-11(12)5/h6-8,13-14,16H,15H2,1-5H3/t13-,14+/m0/s1. The third-order valence-electron chi connectivity index (χ3n) is 3.12. The van der Waals surface area contributed by atoms with Crippen LogP contribution in [0.2, 0.25) is 0 Å². The van der Waals surface area contributed by atoms with Crippen LogP contribution in [-0.2, 0) is 0 Å². The van der Waals surface area contributed by atoms with Crippen molar-refractivity contribution in [2.24, 2.45) is 11.7 Å². The van der Waals surface area contributed by atoms with Gasteiger partial charge < -0.3 is 10.8 Å². The number of nitrogens with two attached hydrogens (primary N) is 1. The van der Waals surface area contributed by atoms with Gasteiger partial charge in [-0.3, -0.25) is 0 Å². The molecule has 2 atom stereocenters. The first-order valence-corrected chi connectivity index (χ1v) is 5.86. The molecule has 3 N–H and O–H groups in total. The number of aliphatic hydroxyl groups is 1. The van der Waals surface area contributed by atoms with Crippen molar-refractivity contribution in [2.45, 2.75) is 46.8 Å². The maximum absolute atomic E-state index is 10.0. The first-order valence-electron chi connectivity index (χ1n) is 5.86. The highest BCUT2D eigenvalue weighted by Crippen LogP contribution is 2.26. The van der Waals surface area contributed by atoms with Crippen LogP contribution in [-0.4, -0.2) is 11.2 Å². The van der Waals surface area contributed by atoms with E-state index in [1.165, 1.54) is 16.7 Å². The molecule has 0 bridgehead atoms. The van der Waals surface area contributed by atoms with Crippen molar-refractivity contribution in [1.82, 2.24) is 0 Å². The van der Waals surface area contributed by atoms with Crippen molar-refractivity contribution in [1.29, 1.82) is 0 Å². The summed E-state index contributed by atoms with van der Waals surface area (Å²) in [5, 5.41) is 10.0. The molecule has 0 aliphatic heterocycles. The second kappa shape index (κ2) is 4.98. The summed E-state index contributed by atoms with van der Waals surface area (Å²) in [7, 11) is 0. The van der Waals surface area contributed by atoms with Crippen LogP contribution < -0.4 is 5.73 Å². The van der Waals surface area contributed by atoms with Crippen molar-refractivity contribution < 1.29 is 5.11 Å². The van der Waals surface area contributed by atoms with Gasteiger partial charge in [0.2, 0.25) is 0 Å². The molecule has 0 unspecified atom stereocenters. The SMILES string of the molecule is Cc1cc(C)c([C@H](N)[C@H](O)C(C)C)c(C)c1. The molecular formula is C14H23NO. The zero-order valence-electron chi connectivity index (χ0n) is 10.9. The number of aliphatic hydroxyl groups excluding tert-OH is 1. The number of aryl methyl sites for hydroxylation is 3. The molecule has 1 aromatic rings. The van der Waals surface area contributed by atoms with Crippen molar-refractivity contribution in [3.8, 4) is 0 Å². The largest absolute Gasteiger partial charge is 0.391 e. The molecule has 0 heterocycles. The molecule has 0 saturated heterocycles. The fourth-order valence-electron chi connectivity index (χ4n) is 2.30. The Balaban J connectivity index is 3.13. The summed E-state index contributed by atoms with van der Waals surface area (Å²) < 4.78 is 0. The van der Waals surface area contributed by atoms with Gasteiger partial charge in [0.15, 0.2) is 0 Å². The van der Waals surface area contributed by atoms with E-state index in [2.05, 4.69) is 32.9 Å². The Labute approximate surface area is 98.5 Å². The molecule has 0 fully saturated rings. The third-order valence-corrected chi connectivity index (χ3v) is 3.12. The van der Waals surface area contributed by atoms with Crippen LogP contribution in [0.15, 0.2) is 12.1 Å². The Bertz CT molecular complexity index is 348. The summed E-state index contributed by atoms with van der Waals surface area (Å²) in [6.07, 6.45) is -0.486. The lowest BCUT2D eigenvalue weighted by Gasteiger charge is -2.25. The van der Waals surface area contributed by atoms with Crippen molar-refractivity contribution in [2.75, 3.05) is 0 Å². The molecule has 90 valence electrons. The number of hydrogen-bond acceptors (Lipinski definition) is 2. The van der Waals surface area contributed by atoms with Gasteiger partial charge in [0.1, 0.15) is 0 Å². The molecule has 0 amide bonds. The maximum Gasteiger partial charge on any atom is 0.0755 e. The lowest BCUT2D eigenvalue weighted by atomic mass is 9.88. The number of benzene rings is 1. The second-order valence-corrected chi connectivity index (χ2v) is 5.07. The number of hydrogen-bond donors (Lipinski definition) is 2. The molecule has 0 aliphatic carbocycles. The van der Waals surface area contributed by atoms with Gasteiger partial charge in [-0.15, -0.1) is 0 Å². The smallest absolute Gasteiger partial charge is 0.0755 e. The van der Waals surface area contributed by atoms with Crippen LogP contribution in [0.25, 0.3) is 0 Å². The minimum Gasteiger partial charge on any atom is -0.391 e. The minimum absolute atomic E-state index is 0.176. The molecule has 2 heteroatoms. The predicted molar refractivity (Wildman–Crippen MR) is 68.4 cm³/mol. The average Bonchev–Trinajstić information content (AvgIpc) is 2.14. The van der Waals surface area contributed by atoms with Crippen molar-refractivity contribution in [3.63, 3.8) is 0 Å². The van der Waals surface area contributed by atoms with E-state index in [9.17, 15) is 5.11 Å². The van der Waals surface area contributed by atoms with Crippen LogP contribution in [0, 0.1) is 26.7 Å². The molecule has 0 saturated carbocycles. The molecule has 1 aromatic carbocycles. The summed E-state index contributed by atoms with van der Waals surface area (Å²) in [5.41, 5.74) is 10.8. The monoisotopic (exact) mass is 221 g/mol. The summed E-state index contributed by atoms with van der Waals surface area (Å²) in [5.74, 6) is 0.176. The fraction of sp³-hybridized carbons (Fsp3) is 0.571. The van der Waals surface area contributed by atoms with Crippen LogP contribution in [0.1, 0.15) is 42.1 Å². The van der Waals surface area contributed by atoms with Gasteiger partial charge in [0, 0.05) is 0 Å². The van der Waals surface area contributed by atoms with Gasteiger partial charge in [-0.05, 0) is 43.4 Å². The molecule has 1 rings (SSSR count). The topological polar surface area (TPSA) is 46.2 Å². The molecule has 0 radical (unpaired) electrons. The average molecular weight is 221 g/mol. The highest BCUT2D eigenvalue weighted by Gasteiger charge is 2.22. The minimum atomic E-state index is -0.486. The fourth-order valence-corrected chi connectivity index (χ4v) is 2.30. The Hall–Kier alpha value is -0.860. The van der Waals surface area contributed by atoms with E-state index in [0.29, 0.717) is 0 Å². The molecule has 16 heavy (non-hydrogen) atoms. The number of rotatable bonds is 3. The molecular weight excluding hydrogens is 198 g/mol. The third kappa shape index (κ3) is 2.63. The zero-order valence-corrected chi connectivity index (χ0v) is 10.9. The summed E-state index contributed by atoms with van der Waals surface area (Å²) in [6.45, 7) is 10.2. The Morgan fingerprint density at radius 3 is 1.88 bits per heavy atom. The maximum atomic E-state index is 10.0. The summed E-state index contributed by atoms with van der Waals surface area (Å²) >= 11 is 0. The van der Waals surface area contributed by atoms with Gasteiger partial charge in [0.05, 0.1) is 12.1 Å². The van der Waals surface area contributed by atoms with Crippen molar-refractivity contribution >= 4 is 0 Å². The first kappa shape index (κ1) is 13.2. The van der Waals surface area contributed by atoms with Crippen molar-refractivity contribution in [3.05, 3.63) is 34.4 Å². The first-order chi connectivity index (χ1) is 7.34. The zero-order chi connectivity index (χ0) is 12.5. The quantitative estimate of drug-likeness (QED) is 0.824. The Kier molecular flexibility index (Phi) is 4.11. The predicted octanol–water partition coefficient (Wildman–Crippen LogP) is 2.63. The van der Waals surface area contributed by atoms with Gasteiger partial charge in [-0.1, -0.05) is 31.5 Å². The van der Waals surface area contributed by atoms with E-state index in [1.54, 1.807) is 0 Å². The normalized spacial score (nSPS) is 15.2. The van der Waals surface area contributed by atoms with Gasteiger partial charge in [0.25, 0.3) is 0 Å². The van der Waals surface area contributed by atoms with E-state index in [0.717, 1.165) is 5.56 Å². The molecule has 0 spiro atoms. The van der Waals surface area contributed by atoms with E-state index in [4.69, 9.17) is 5.73 Å². The van der Waals surface area contributed by atoms with Crippen LogP contribution >= 0.6 is 0 Å². The lowest BCUT2D eigenvalue weighted by molar-refractivity contribution is 0.0975. The highest BCUT2D eigenvalue weighted by molar-refractivity contribution is 5.40. The highest BCUT2D eigenvalue weighted by atomic mass is 16.3.